The van der Waals surface area contributed by atoms with E-state index < -0.39 is 0 Å². The smallest absolute Gasteiger partial charge is 0.113 e. The number of rotatable bonds is 0. The van der Waals surface area contributed by atoms with E-state index in [-0.39, 0.29) is 0 Å². The molecule has 0 unspecified atom stereocenters. The highest BCUT2D eigenvalue weighted by molar-refractivity contribution is 7.10. The zero-order valence-corrected chi connectivity index (χ0v) is 7.23. The van der Waals surface area contributed by atoms with E-state index in [1.807, 2.05) is 11.6 Å². The van der Waals surface area contributed by atoms with Crippen molar-refractivity contribution in [3.63, 3.8) is 0 Å². The lowest BCUT2D eigenvalue weighted by Crippen LogP contribution is -1.98. The average Bonchev–Trinajstić information content (AvgIpc) is 2.71. The number of fused-ring (bicyclic) bond motifs is 3. The van der Waals surface area contributed by atoms with Gasteiger partial charge < -0.3 is 4.42 Å². The fraction of sp³-hybridized carbons (Fsp3) is 0.222. The molecule has 3 rings (SSSR count). The van der Waals surface area contributed by atoms with Gasteiger partial charge in [-0.1, -0.05) is 0 Å². The number of thiazole rings is 1. The van der Waals surface area contributed by atoms with Crippen LogP contribution < -0.4 is 0 Å². The lowest BCUT2D eigenvalue weighted by Gasteiger charge is -2.07. The van der Waals surface area contributed by atoms with Crippen LogP contribution in [-0.2, 0) is 12.8 Å². The van der Waals surface area contributed by atoms with Crippen LogP contribution in [0.3, 0.4) is 0 Å². The Balaban J connectivity index is 2.32. The molecule has 0 aromatic carbocycles. The van der Waals surface area contributed by atoms with Crippen molar-refractivity contribution in [3.8, 4) is 11.3 Å². The van der Waals surface area contributed by atoms with Crippen molar-refractivity contribution in [2.75, 3.05) is 0 Å². The Morgan fingerprint density at radius 2 is 2.42 bits per heavy atom. The lowest BCUT2D eigenvalue weighted by atomic mass is 10.0. The maximum atomic E-state index is 5.35. The van der Waals surface area contributed by atoms with E-state index in [2.05, 4.69) is 4.98 Å². The Kier molecular flexibility index (Phi) is 1.18. The number of hydrogen-bond acceptors (Lipinski definition) is 3. The summed E-state index contributed by atoms with van der Waals surface area (Å²) in [6.45, 7) is 0. The van der Waals surface area contributed by atoms with Crippen molar-refractivity contribution in [2.45, 2.75) is 12.8 Å². The quantitative estimate of drug-likeness (QED) is 0.618. The molecule has 0 bridgehead atoms. The topological polar surface area (TPSA) is 26.0 Å². The maximum absolute atomic E-state index is 5.35. The molecule has 0 radical (unpaired) electrons. The Morgan fingerprint density at radius 3 is 3.42 bits per heavy atom. The summed E-state index contributed by atoms with van der Waals surface area (Å²) in [5, 5.41) is 0. The van der Waals surface area contributed by atoms with Gasteiger partial charge in [0.15, 0.2) is 0 Å². The molecule has 0 N–H and O–H groups in total. The summed E-state index contributed by atoms with van der Waals surface area (Å²) >= 11 is 1.74. The average molecular weight is 177 g/mol. The van der Waals surface area contributed by atoms with E-state index in [0.29, 0.717) is 0 Å². The normalized spacial score (nSPS) is 14.0. The standard InChI is InChI=1S/C9H7NOS/c1-2-8-9(10-5-12-8)6-3-4-11-7(1)6/h3-5H,1-2H2. The zero-order valence-electron chi connectivity index (χ0n) is 6.41. The predicted molar refractivity (Wildman–Crippen MR) is 47.2 cm³/mol. The van der Waals surface area contributed by atoms with Crippen LogP contribution in [0.5, 0.6) is 0 Å². The summed E-state index contributed by atoms with van der Waals surface area (Å²) in [5.41, 5.74) is 4.24. The zero-order chi connectivity index (χ0) is 7.97. The molecular weight excluding hydrogens is 170 g/mol. The Hall–Kier alpha value is -1.09. The second-order valence-corrected chi connectivity index (χ2v) is 3.82. The van der Waals surface area contributed by atoms with Crippen LogP contribution in [0.15, 0.2) is 22.3 Å². The highest BCUT2D eigenvalue weighted by Crippen LogP contribution is 2.34. The number of furan rings is 1. The van der Waals surface area contributed by atoms with Gasteiger partial charge in [0.05, 0.1) is 17.5 Å². The van der Waals surface area contributed by atoms with Gasteiger partial charge in [-0.15, -0.1) is 11.3 Å². The third-order valence-corrected chi connectivity index (χ3v) is 3.11. The summed E-state index contributed by atoms with van der Waals surface area (Å²) in [5.74, 6) is 1.09. The molecule has 0 fully saturated rings. The first-order valence-electron chi connectivity index (χ1n) is 3.94. The van der Waals surface area contributed by atoms with Gasteiger partial charge in [0.2, 0.25) is 0 Å². The minimum Gasteiger partial charge on any atom is -0.469 e. The van der Waals surface area contributed by atoms with Crippen molar-refractivity contribution in [1.29, 1.82) is 0 Å². The molecule has 0 amide bonds. The first kappa shape index (κ1) is 6.43. The molecule has 2 aromatic rings. The third kappa shape index (κ3) is 0.716. The summed E-state index contributed by atoms with van der Waals surface area (Å²) in [6.07, 6.45) is 3.86. The molecule has 2 nitrogen and oxygen atoms in total. The van der Waals surface area contributed by atoms with Crippen molar-refractivity contribution >= 4 is 11.3 Å². The van der Waals surface area contributed by atoms with E-state index in [1.54, 1.807) is 17.6 Å². The molecule has 60 valence electrons. The molecule has 0 aliphatic heterocycles. The molecule has 12 heavy (non-hydrogen) atoms. The number of aromatic nitrogens is 1. The van der Waals surface area contributed by atoms with Gasteiger partial charge in [-0.05, 0) is 12.5 Å². The van der Waals surface area contributed by atoms with Crippen LogP contribution in [0.4, 0.5) is 0 Å². The van der Waals surface area contributed by atoms with Crippen LogP contribution in [0.1, 0.15) is 10.6 Å². The van der Waals surface area contributed by atoms with E-state index >= 15 is 0 Å². The SMILES string of the molecule is c1cc2c(o1)CCc1scnc1-2. The molecule has 0 atom stereocenters. The van der Waals surface area contributed by atoms with Crippen molar-refractivity contribution in [1.82, 2.24) is 4.98 Å². The van der Waals surface area contributed by atoms with Crippen LogP contribution in [0.25, 0.3) is 11.3 Å². The van der Waals surface area contributed by atoms with Crippen LogP contribution in [0.2, 0.25) is 0 Å². The van der Waals surface area contributed by atoms with Crippen molar-refractivity contribution in [2.24, 2.45) is 0 Å². The molecule has 1 aliphatic rings. The Labute approximate surface area is 73.9 Å². The fourth-order valence-electron chi connectivity index (χ4n) is 1.64. The maximum Gasteiger partial charge on any atom is 0.113 e. The first-order valence-corrected chi connectivity index (χ1v) is 4.82. The van der Waals surface area contributed by atoms with Gasteiger partial charge in [-0.3, -0.25) is 0 Å². The molecule has 0 saturated carbocycles. The largest absolute Gasteiger partial charge is 0.469 e. The Bertz CT molecular complexity index is 375. The van der Waals surface area contributed by atoms with E-state index in [9.17, 15) is 0 Å². The van der Waals surface area contributed by atoms with Crippen LogP contribution >= 0.6 is 11.3 Å². The summed E-state index contributed by atoms with van der Waals surface area (Å²) in [6, 6.07) is 2.01. The third-order valence-electron chi connectivity index (χ3n) is 2.22. The minimum absolute atomic E-state index is 1.03. The van der Waals surface area contributed by atoms with Gasteiger partial charge in [-0.2, -0.15) is 0 Å². The lowest BCUT2D eigenvalue weighted by molar-refractivity contribution is 0.508. The van der Waals surface area contributed by atoms with Crippen LogP contribution in [-0.4, -0.2) is 4.98 Å². The molecular formula is C9H7NOS. The molecule has 2 heterocycles. The number of nitrogens with zero attached hydrogens (tertiary/aromatic N) is 1. The second-order valence-electron chi connectivity index (χ2n) is 2.88. The number of hydrogen-bond donors (Lipinski definition) is 0. The summed E-state index contributed by atoms with van der Waals surface area (Å²) in [4.78, 5) is 5.72. The van der Waals surface area contributed by atoms with Gasteiger partial charge in [0.25, 0.3) is 0 Å². The van der Waals surface area contributed by atoms with E-state index in [1.165, 1.54) is 10.4 Å². The first-order chi connectivity index (χ1) is 5.95. The minimum atomic E-state index is 1.03. The van der Waals surface area contributed by atoms with Gasteiger partial charge >= 0.3 is 0 Å². The van der Waals surface area contributed by atoms with E-state index in [0.717, 1.165) is 24.3 Å². The van der Waals surface area contributed by atoms with E-state index in [4.69, 9.17) is 4.42 Å². The summed E-state index contributed by atoms with van der Waals surface area (Å²) in [7, 11) is 0. The number of aryl methyl sites for hydroxylation is 2. The van der Waals surface area contributed by atoms with Crippen LogP contribution in [0, 0.1) is 0 Å². The molecule has 1 aliphatic carbocycles. The predicted octanol–water partition coefficient (Wildman–Crippen LogP) is 2.50. The fourth-order valence-corrected chi connectivity index (χ4v) is 2.42. The van der Waals surface area contributed by atoms with Gasteiger partial charge in [-0.25, -0.2) is 4.98 Å². The molecule has 3 heteroatoms. The highest BCUT2D eigenvalue weighted by Gasteiger charge is 2.20. The summed E-state index contributed by atoms with van der Waals surface area (Å²) < 4.78 is 5.35. The van der Waals surface area contributed by atoms with Crippen molar-refractivity contribution < 1.29 is 4.42 Å². The second kappa shape index (κ2) is 2.20. The highest BCUT2D eigenvalue weighted by atomic mass is 32.1. The van der Waals surface area contributed by atoms with Gasteiger partial charge in [0, 0.05) is 16.9 Å². The molecule has 0 saturated heterocycles. The van der Waals surface area contributed by atoms with Gasteiger partial charge in [0.1, 0.15) is 5.76 Å². The Morgan fingerprint density at radius 1 is 1.42 bits per heavy atom. The molecule has 0 spiro atoms. The monoisotopic (exact) mass is 177 g/mol. The van der Waals surface area contributed by atoms with Crippen molar-refractivity contribution in [3.05, 3.63) is 28.5 Å². The molecule has 2 aromatic heterocycles.